The van der Waals surface area contributed by atoms with Crippen LogP contribution in [0.5, 0.6) is 0 Å². The minimum absolute atomic E-state index is 0.148. The van der Waals surface area contributed by atoms with E-state index in [2.05, 4.69) is 10.4 Å². The fraction of sp³-hybridized carbons (Fsp3) is 0.562. The van der Waals surface area contributed by atoms with Crippen LogP contribution in [0, 0.1) is 0 Å². The Kier molecular flexibility index (Phi) is 6.73. The Balaban J connectivity index is 1.80. The number of likely N-dealkylation sites (tertiary alicyclic amines) is 1. The van der Waals surface area contributed by atoms with E-state index in [9.17, 15) is 13.2 Å². The molecule has 1 amide bonds. The summed E-state index contributed by atoms with van der Waals surface area (Å²) < 4.78 is 25.1. The molecule has 1 aromatic rings. The summed E-state index contributed by atoms with van der Waals surface area (Å²) in [5.41, 5.74) is 2.75. The number of nitrogens with zero attached hydrogens (tertiary/aromatic N) is 2. The number of hydrogen-bond acceptors (Lipinski definition) is 5. The summed E-state index contributed by atoms with van der Waals surface area (Å²) in [6.45, 7) is 3.39. The molecule has 0 spiro atoms. The van der Waals surface area contributed by atoms with Crippen molar-refractivity contribution < 1.29 is 18.0 Å². The van der Waals surface area contributed by atoms with Crippen molar-refractivity contribution in [2.45, 2.75) is 24.2 Å². The predicted molar refractivity (Wildman–Crippen MR) is 91.0 cm³/mol. The molecule has 1 N–H and O–H groups in total. The average molecular weight is 355 g/mol. The van der Waals surface area contributed by atoms with Gasteiger partial charge in [0.2, 0.25) is 10.0 Å². The third-order valence-electron chi connectivity index (χ3n) is 4.02. The average Bonchev–Trinajstić information content (AvgIpc) is 2.59. The van der Waals surface area contributed by atoms with E-state index in [0.717, 1.165) is 23.9 Å². The molecule has 24 heavy (non-hydrogen) atoms. The van der Waals surface area contributed by atoms with E-state index in [1.54, 1.807) is 0 Å². The lowest BCUT2D eigenvalue weighted by molar-refractivity contribution is 0.0206. The molecule has 0 aromatic heterocycles. The van der Waals surface area contributed by atoms with Crippen LogP contribution in [0.1, 0.15) is 29.6 Å². The number of amides is 1. The lowest BCUT2D eigenvalue weighted by Gasteiger charge is -2.25. The number of nitrogens with one attached hydrogen (secondary N) is 1. The van der Waals surface area contributed by atoms with Crippen molar-refractivity contribution in [2.75, 3.05) is 40.3 Å². The van der Waals surface area contributed by atoms with Gasteiger partial charge in [0, 0.05) is 26.2 Å². The van der Waals surface area contributed by atoms with Gasteiger partial charge in [0.25, 0.3) is 5.91 Å². The van der Waals surface area contributed by atoms with Crippen LogP contribution in [0.25, 0.3) is 0 Å². The summed E-state index contributed by atoms with van der Waals surface area (Å²) in [5, 5.41) is 0. The van der Waals surface area contributed by atoms with Gasteiger partial charge in [0.05, 0.1) is 11.5 Å². The second-order valence-electron chi connectivity index (χ2n) is 5.99. The van der Waals surface area contributed by atoms with Crippen LogP contribution in [0.15, 0.2) is 29.2 Å². The molecule has 1 aromatic carbocycles. The minimum atomic E-state index is -3.49. The number of hydrogen-bond donors (Lipinski definition) is 1. The van der Waals surface area contributed by atoms with Gasteiger partial charge in [0.15, 0.2) is 0 Å². The zero-order valence-corrected chi connectivity index (χ0v) is 15.0. The first-order chi connectivity index (χ1) is 11.4. The zero-order chi connectivity index (χ0) is 17.6. The largest absolute Gasteiger partial charge is 0.301 e. The number of hydroxylamine groups is 1. The number of rotatable bonds is 7. The van der Waals surface area contributed by atoms with E-state index in [0.29, 0.717) is 12.2 Å². The fourth-order valence-electron chi connectivity index (χ4n) is 2.52. The normalized spacial score (nSPS) is 16.3. The molecule has 8 heteroatoms. The molecule has 0 aliphatic carbocycles. The molecule has 0 unspecified atom stereocenters. The molecule has 0 atom stereocenters. The van der Waals surface area contributed by atoms with E-state index in [1.165, 1.54) is 57.6 Å². The molecule has 1 saturated heterocycles. The lowest BCUT2D eigenvalue weighted by Crippen LogP contribution is -2.35. The molecule has 1 aliphatic heterocycles. The van der Waals surface area contributed by atoms with Crippen LogP contribution in [-0.2, 0) is 14.9 Å². The van der Waals surface area contributed by atoms with Crippen LogP contribution in [0.3, 0.4) is 0 Å². The van der Waals surface area contributed by atoms with E-state index in [4.69, 9.17) is 4.84 Å². The van der Waals surface area contributed by atoms with Crippen molar-refractivity contribution in [2.24, 2.45) is 0 Å². The first-order valence-corrected chi connectivity index (χ1v) is 9.52. The van der Waals surface area contributed by atoms with E-state index < -0.39 is 10.0 Å². The highest BCUT2D eigenvalue weighted by molar-refractivity contribution is 7.89. The Morgan fingerprint density at radius 1 is 1.17 bits per heavy atom. The quantitative estimate of drug-likeness (QED) is 0.585. The van der Waals surface area contributed by atoms with Gasteiger partial charge in [-0.25, -0.2) is 18.2 Å². The molecule has 0 saturated carbocycles. The van der Waals surface area contributed by atoms with Gasteiger partial charge in [0.1, 0.15) is 0 Å². The molecular formula is C16H25N3O4S. The number of carbonyl (C=O) groups is 1. The summed E-state index contributed by atoms with van der Waals surface area (Å²) in [6.07, 6.45) is 3.72. The van der Waals surface area contributed by atoms with Crippen molar-refractivity contribution in [3.05, 3.63) is 29.8 Å². The lowest BCUT2D eigenvalue weighted by atomic mass is 10.1. The van der Waals surface area contributed by atoms with Crippen molar-refractivity contribution in [1.82, 2.24) is 14.7 Å². The van der Waals surface area contributed by atoms with Crippen molar-refractivity contribution >= 4 is 15.9 Å². The summed E-state index contributed by atoms with van der Waals surface area (Å²) in [7, 11) is -0.559. The van der Waals surface area contributed by atoms with Crippen molar-refractivity contribution in [3.8, 4) is 0 Å². The number of carbonyl (C=O) groups excluding carboxylic acids is 1. The second kappa shape index (κ2) is 8.57. The van der Waals surface area contributed by atoms with Gasteiger partial charge >= 0.3 is 0 Å². The maximum atomic E-state index is 12.0. The van der Waals surface area contributed by atoms with E-state index in [1.807, 2.05) is 0 Å². The molecule has 0 radical (unpaired) electrons. The van der Waals surface area contributed by atoms with Gasteiger partial charge in [-0.2, -0.15) is 0 Å². The summed E-state index contributed by atoms with van der Waals surface area (Å²) >= 11 is 0. The van der Waals surface area contributed by atoms with Crippen LogP contribution in [0.4, 0.5) is 0 Å². The van der Waals surface area contributed by atoms with Crippen LogP contribution < -0.4 is 5.48 Å². The fourth-order valence-corrected chi connectivity index (χ4v) is 3.42. The molecular weight excluding hydrogens is 330 g/mol. The van der Waals surface area contributed by atoms with Crippen LogP contribution >= 0.6 is 0 Å². The maximum absolute atomic E-state index is 12.0. The topological polar surface area (TPSA) is 79.0 Å². The minimum Gasteiger partial charge on any atom is -0.301 e. The predicted octanol–water partition coefficient (Wildman–Crippen LogP) is 1.08. The molecule has 2 rings (SSSR count). The Hall–Kier alpha value is -1.48. The summed E-state index contributed by atoms with van der Waals surface area (Å²) in [6, 6.07) is 5.77. The SMILES string of the molecule is CN(C)S(=O)(=O)c1ccc(C(=O)NOCCN2CCCCC2)cc1. The highest BCUT2D eigenvalue weighted by Gasteiger charge is 2.17. The summed E-state index contributed by atoms with van der Waals surface area (Å²) in [5.74, 6) is -0.387. The van der Waals surface area contributed by atoms with Gasteiger partial charge < -0.3 is 4.90 Å². The van der Waals surface area contributed by atoms with Crippen LogP contribution in [0.2, 0.25) is 0 Å². The van der Waals surface area contributed by atoms with E-state index >= 15 is 0 Å². The van der Waals surface area contributed by atoms with Gasteiger partial charge in [-0.1, -0.05) is 6.42 Å². The zero-order valence-electron chi connectivity index (χ0n) is 14.2. The summed E-state index contributed by atoms with van der Waals surface area (Å²) in [4.78, 5) is 19.7. The standard InChI is InChI=1S/C16H25N3O4S/c1-18(2)24(21,22)15-8-6-14(7-9-15)16(20)17-23-13-12-19-10-4-3-5-11-19/h6-9H,3-5,10-13H2,1-2H3,(H,17,20). The van der Waals surface area contributed by atoms with Gasteiger partial charge in [-0.15, -0.1) is 0 Å². The maximum Gasteiger partial charge on any atom is 0.274 e. The molecule has 7 nitrogen and oxygen atoms in total. The number of piperidine rings is 1. The van der Waals surface area contributed by atoms with E-state index in [-0.39, 0.29) is 10.8 Å². The second-order valence-corrected chi connectivity index (χ2v) is 8.15. The van der Waals surface area contributed by atoms with Gasteiger partial charge in [-0.05, 0) is 50.2 Å². The first-order valence-electron chi connectivity index (χ1n) is 8.08. The molecule has 0 bridgehead atoms. The third kappa shape index (κ3) is 5.01. The Labute approximate surface area is 143 Å². The Morgan fingerprint density at radius 2 is 1.79 bits per heavy atom. The van der Waals surface area contributed by atoms with Crippen LogP contribution in [-0.4, -0.2) is 63.9 Å². The smallest absolute Gasteiger partial charge is 0.274 e. The molecule has 1 fully saturated rings. The van der Waals surface area contributed by atoms with Gasteiger partial charge in [-0.3, -0.25) is 9.63 Å². The Morgan fingerprint density at radius 3 is 2.38 bits per heavy atom. The van der Waals surface area contributed by atoms with Crippen molar-refractivity contribution in [1.29, 1.82) is 0 Å². The molecule has 134 valence electrons. The highest BCUT2D eigenvalue weighted by atomic mass is 32.2. The third-order valence-corrected chi connectivity index (χ3v) is 5.85. The van der Waals surface area contributed by atoms with Crippen molar-refractivity contribution in [3.63, 3.8) is 0 Å². The number of sulfonamides is 1. The Bertz CT molecular complexity index is 638. The first kappa shape index (κ1) is 18.9. The number of benzene rings is 1. The highest BCUT2D eigenvalue weighted by Crippen LogP contribution is 2.14. The molecule has 1 aliphatic rings. The molecule has 1 heterocycles. The monoisotopic (exact) mass is 355 g/mol.